The van der Waals surface area contributed by atoms with E-state index >= 15 is 0 Å². The molecule has 2 heterocycles. The fraction of sp³-hybridized carbons (Fsp3) is 0.412. The van der Waals surface area contributed by atoms with Crippen LogP contribution in [-0.2, 0) is 24.2 Å². The highest BCUT2D eigenvalue weighted by Crippen LogP contribution is 2.46. The predicted molar refractivity (Wildman–Crippen MR) is 95.8 cm³/mol. The minimum atomic E-state index is -4.10. The Morgan fingerprint density at radius 3 is 2.45 bits per heavy atom. The first-order chi connectivity index (χ1) is 13.5. The summed E-state index contributed by atoms with van der Waals surface area (Å²) in [5, 5.41) is 19.5. The quantitative estimate of drug-likeness (QED) is 0.401. The number of ketones is 1. The van der Waals surface area contributed by atoms with Gasteiger partial charge in [0.15, 0.2) is 21.7 Å². The molecule has 3 rings (SSSR count). The average Bonchev–Trinajstić information content (AvgIpc) is 2.79. The molecule has 0 spiro atoms. The lowest BCUT2D eigenvalue weighted by molar-refractivity contribution is -0.158. The molecular formula is C17H18N2O9S. The molecule has 0 bridgehead atoms. The van der Waals surface area contributed by atoms with E-state index in [9.17, 15) is 37.8 Å². The Balaban J connectivity index is 1.64. The van der Waals surface area contributed by atoms with Crippen molar-refractivity contribution in [3.8, 4) is 5.75 Å². The van der Waals surface area contributed by atoms with E-state index in [-0.39, 0.29) is 17.7 Å². The summed E-state index contributed by atoms with van der Waals surface area (Å²) in [6, 6.07) is 3.64. The van der Waals surface area contributed by atoms with Crippen molar-refractivity contribution in [1.29, 1.82) is 0 Å². The molecule has 0 unspecified atom stereocenters. The molecule has 29 heavy (non-hydrogen) atoms. The van der Waals surface area contributed by atoms with Gasteiger partial charge in [-0.25, -0.2) is 18.0 Å². The van der Waals surface area contributed by atoms with Crippen molar-refractivity contribution in [1.82, 2.24) is 10.2 Å². The van der Waals surface area contributed by atoms with Gasteiger partial charge in [0, 0.05) is 5.56 Å². The third-order valence-electron chi connectivity index (χ3n) is 5.12. The zero-order valence-electron chi connectivity index (χ0n) is 15.2. The lowest BCUT2D eigenvalue weighted by Gasteiger charge is -2.35. The molecule has 2 fully saturated rings. The number of alkyl carbamates (subject to hydrolysis) is 1. The number of benzene rings is 1. The highest BCUT2D eigenvalue weighted by molar-refractivity contribution is 7.94. The molecule has 1 aromatic rings. The van der Waals surface area contributed by atoms with Crippen molar-refractivity contribution < 1.29 is 42.5 Å². The molecule has 12 heteroatoms. The summed E-state index contributed by atoms with van der Waals surface area (Å²) >= 11 is 0. The second kappa shape index (κ2) is 7.03. The number of ether oxygens (including phenoxy) is 1. The van der Waals surface area contributed by atoms with E-state index in [1.807, 2.05) is 0 Å². The number of Topliss-reactive ketones (excluding diaryl/α,β-unsaturated/α-hetero) is 1. The number of rotatable bonds is 6. The summed E-state index contributed by atoms with van der Waals surface area (Å²) in [5.41, 5.74) is 0.224. The van der Waals surface area contributed by atoms with Crippen LogP contribution in [0.25, 0.3) is 0 Å². The van der Waals surface area contributed by atoms with Crippen molar-refractivity contribution >= 4 is 33.6 Å². The van der Waals surface area contributed by atoms with Gasteiger partial charge < -0.3 is 25.2 Å². The maximum atomic E-state index is 12.7. The molecule has 2 saturated heterocycles. The van der Waals surface area contributed by atoms with Gasteiger partial charge in [-0.2, -0.15) is 0 Å². The molecule has 0 radical (unpaired) electrons. The minimum absolute atomic E-state index is 0.0314. The molecule has 0 aliphatic carbocycles. The molecule has 1 aromatic carbocycles. The molecule has 0 aromatic heterocycles. The van der Waals surface area contributed by atoms with E-state index in [0.29, 0.717) is 0 Å². The van der Waals surface area contributed by atoms with Crippen LogP contribution in [0, 0.1) is 0 Å². The number of aliphatic carboxylic acids is 1. The van der Waals surface area contributed by atoms with Crippen LogP contribution in [0.5, 0.6) is 5.75 Å². The summed E-state index contributed by atoms with van der Waals surface area (Å²) in [6.45, 7) is -0.143. The molecular weight excluding hydrogens is 408 g/mol. The minimum Gasteiger partial charge on any atom is -0.508 e. The van der Waals surface area contributed by atoms with Crippen molar-refractivity contribution in [3.63, 3.8) is 0 Å². The molecule has 0 saturated carbocycles. The highest BCUT2D eigenvalue weighted by Gasteiger charge is 2.70. The first-order valence-corrected chi connectivity index (χ1v) is 10.0. The number of carbonyl (C=O) groups excluding carboxylic acids is 3. The number of aromatic hydroxyl groups is 1. The van der Waals surface area contributed by atoms with E-state index in [1.165, 1.54) is 24.3 Å². The lowest BCUT2D eigenvalue weighted by Crippen LogP contribution is -2.58. The number of nitrogens with zero attached hydrogens (tertiary/aromatic N) is 1. The van der Waals surface area contributed by atoms with Gasteiger partial charge in [-0.1, -0.05) is 0 Å². The van der Waals surface area contributed by atoms with Crippen LogP contribution in [0.2, 0.25) is 0 Å². The Hall–Kier alpha value is -3.15. The van der Waals surface area contributed by atoms with Gasteiger partial charge in [-0.15, -0.1) is 0 Å². The summed E-state index contributed by atoms with van der Waals surface area (Å²) in [4.78, 5) is 48.0. The number of carboxylic acids is 1. The molecule has 2 amide bonds. The number of hydrogen-bond donors (Lipinski definition) is 3. The standard InChI is InChI=1S/C17H18N2O9S/c1-17(14(15(23)24)19-12(22)6-13(19)29(17,26)27)8-28-16(25)18-7-11(21)9-2-4-10(20)5-3-9/h2-5,13-14,20H,6-8H2,1H3,(H,18,25)(H,23,24)/t13-,14+,17+/m1/s1. The highest BCUT2D eigenvalue weighted by atomic mass is 32.2. The number of sulfone groups is 1. The van der Waals surface area contributed by atoms with Gasteiger partial charge >= 0.3 is 12.1 Å². The van der Waals surface area contributed by atoms with Crippen molar-refractivity contribution in [2.75, 3.05) is 13.2 Å². The van der Waals surface area contributed by atoms with Crippen LogP contribution < -0.4 is 5.32 Å². The van der Waals surface area contributed by atoms with Crippen LogP contribution in [0.4, 0.5) is 4.79 Å². The van der Waals surface area contributed by atoms with E-state index in [2.05, 4.69) is 5.32 Å². The Morgan fingerprint density at radius 1 is 1.28 bits per heavy atom. The number of amides is 2. The van der Waals surface area contributed by atoms with Crippen molar-refractivity contribution in [3.05, 3.63) is 29.8 Å². The Labute approximate surface area is 165 Å². The second-order valence-electron chi connectivity index (χ2n) is 6.96. The zero-order chi connectivity index (χ0) is 21.6. The third kappa shape index (κ3) is 3.28. The number of phenols is 1. The Bertz CT molecular complexity index is 989. The van der Waals surface area contributed by atoms with Crippen LogP contribution in [0.1, 0.15) is 23.7 Å². The van der Waals surface area contributed by atoms with E-state index in [0.717, 1.165) is 11.8 Å². The number of phenolic OH excluding ortho intramolecular Hbond substituents is 1. The fourth-order valence-corrected chi connectivity index (χ4v) is 5.70. The third-order valence-corrected chi connectivity index (χ3v) is 7.87. The van der Waals surface area contributed by atoms with Crippen LogP contribution in [0.3, 0.4) is 0 Å². The molecule has 2 aliphatic rings. The van der Waals surface area contributed by atoms with Gasteiger partial charge in [0.25, 0.3) is 0 Å². The number of nitrogens with one attached hydrogen (secondary N) is 1. The van der Waals surface area contributed by atoms with E-state index in [4.69, 9.17) is 4.74 Å². The smallest absolute Gasteiger partial charge is 0.407 e. The first-order valence-electron chi connectivity index (χ1n) is 8.49. The van der Waals surface area contributed by atoms with Crippen LogP contribution in [-0.4, -0.2) is 76.6 Å². The largest absolute Gasteiger partial charge is 0.508 e. The van der Waals surface area contributed by atoms with E-state index in [1.54, 1.807) is 0 Å². The van der Waals surface area contributed by atoms with Gasteiger partial charge in [-0.05, 0) is 31.2 Å². The van der Waals surface area contributed by atoms with Crippen LogP contribution in [0.15, 0.2) is 24.3 Å². The number of carbonyl (C=O) groups is 4. The zero-order valence-corrected chi connectivity index (χ0v) is 16.0. The van der Waals surface area contributed by atoms with Crippen molar-refractivity contribution in [2.45, 2.75) is 29.5 Å². The van der Waals surface area contributed by atoms with Gasteiger partial charge in [0.2, 0.25) is 5.91 Å². The summed E-state index contributed by atoms with van der Waals surface area (Å²) in [5.74, 6) is -2.63. The molecule has 2 aliphatic heterocycles. The average molecular weight is 426 g/mol. The topological polar surface area (TPSA) is 167 Å². The molecule has 3 N–H and O–H groups in total. The van der Waals surface area contributed by atoms with E-state index < -0.39 is 62.9 Å². The predicted octanol–water partition coefficient (Wildman–Crippen LogP) is -0.500. The monoisotopic (exact) mass is 426 g/mol. The first kappa shape index (κ1) is 20.6. The summed E-state index contributed by atoms with van der Waals surface area (Å²) in [7, 11) is -4.10. The Kier molecular flexibility index (Phi) is 4.99. The maximum Gasteiger partial charge on any atom is 0.407 e. The molecule has 3 atom stereocenters. The second-order valence-corrected chi connectivity index (χ2v) is 9.52. The molecule has 156 valence electrons. The van der Waals surface area contributed by atoms with Gasteiger partial charge in [0.1, 0.15) is 22.5 Å². The Morgan fingerprint density at radius 2 is 1.90 bits per heavy atom. The number of fused-ring (bicyclic) bond motifs is 1. The maximum absolute atomic E-state index is 12.7. The number of hydrogen-bond acceptors (Lipinski definition) is 8. The van der Waals surface area contributed by atoms with Crippen molar-refractivity contribution in [2.24, 2.45) is 0 Å². The van der Waals surface area contributed by atoms with Crippen LogP contribution >= 0.6 is 0 Å². The summed E-state index contributed by atoms with van der Waals surface area (Å²) in [6.07, 6.45) is -1.42. The lowest BCUT2D eigenvalue weighted by atomic mass is 9.97. The van der Waals surface area contributed by atoms with Gasteiger partial charge in [-0.3, -0.25) is 9.59 Å². The SMILES string of the molecule is C[C@]1(COC(=O)NCC(=O)c2ccc(O)cc2)[C@H](C(=O)O)N2C(=O)C[C@H]2S1(=O)=O. The molecule has 11 nitrogen and oxygen atoms in total. The number of carboxylic acid groups (broad SMARTS) is 1. The summed E-state index contributed by atoms with van der Waals surface area (Å²) < 4.78 is 28.2. The normalized spacial score (nSPS) is 26.9. The number of β-lactam (4-membered cyclic amide) rings is 1. The fourth-order valence-electron chi connectivity index (χ4n) is 3.43. The van der Waals surface area contributed by atoms with Gasteiger partial charge in [0.05, 0.1) is 13.0 Å².